The van der Waals surface area contributed by atoms with E-state index in [1.165, 1.54) is 6.07 Å². The Balaban J connectivity index is 2.20. The van der Waals surface area contributed by atoms with Gasteiger partial charge in [-0.05, 0) is 41.0 Å². The van der Waals surface area contributed by atoms with Gasteiger partial charge >= 0.3 is 0 Å². The summed E-state index contributed by atoms with van der Waals surface area (Å²) in [7, 11) is 0. The highest BCUT2D eigenvalue weighted by atomic mass is 79.9. The summed E-state index contributed by atoms with van der Waals surface area (Å²) < 4.78 is 13.6. The van der Waals surface area contributed by atoms with Crippen LogP contribution in [-0.2, 0) is 0 Å². The maximum absolute atomic E-state index is 13.4. The molecular weight excluding hydrogens is 287 g/mol. The molecule has 1 amide bonds. The van der Waals surface area contributed by atoms with Gasteiger partial charge in [-0.1, -0.05) is 6.07 Å². The Kier molecular flexibility index (Phi) is 4.12. The van der Waals surface area contributed by atoms with E-state index in [0.717, 1.165) is 26.1 Å². The quantitative estimate of drug-likeness (QED) is 0.861. The van der Waals surface area contributed by atoms with Crippen molar-refractivity contribution < 1.29 is 9.18 Å². The SMILES string of the molecule is O=C(c1cccc(F)c1Br)N1CCCNCC1. The molecule has 17 heavy (non-hydrogen) atoms. The smallest absolute Gasteiger partial charge is 0.255 e. The molecule has 1 N–H and O–H groups in total. The second-order valence-electron chi connectivity index (χ2n) is 4.00. The lowest BCUT2D eigenvalue weighted by Crippen LogP contribution is -2.34. The third-order valence-corrected chi connectivity index (χ3v) is 3.62. The molecule has 5 heteroatoms. The Morgan fingerprint density at radius 2 is 2.18 bits per heavy atom. The number of nitrogens with one attached hydrogen (secondary N) is 1. The Bertz CT molecular complexity index is 417. The summed E-state index contributed by atoms with van der Waals surface area (Å²) in [5, 5.41) is 3.23. The summed E-state index contributed by atoms with van der Waals surface area (Å²) in [6.07, 6.45) is 0.929. The number of carbonyl (C=O) groups excluding carboxylic acids is 1. The lowest BCUT2D eigenvalue weighted by molar-refractivity contribution is 0.0765. The molecule has 0 bridgehead atoms. The van der Waals surface area contributed by atoms with E-state index in [9.17, 15) is 9.18 Å². The van der Waals surface area contributed by atoms with Gasteiger partial charge in [-0.15, -0.1) is 0 Å². The Hall–Kier alpha value is -0.940. The minimum Gasteiger partial charge on any atom is -0.337 e. The summed E-state index contributed by atoms with van der Waals surface area (Å²) in [6.45, 7) is 3.10. The van der Waals surface area contributed by atoms with Crippen molar-refractivity contribution in [3.63, 3.8) is 0 Å². The van der Waals surface area contributed by atoms with Crippen LogP contribution in [0, 0.1) is 5.82 Å². The predicted molar refractivity (Wildman–Crippen MR) is 67.5 cm³/mol. The summed E-state index contributed by atoms with van der Waals surface area (Å²) >= 11 is 3.13. The zero-order chi connectivity index (χ0) is 12.3. The van der Waals surface area contributed by atoms with E-state index in [-0.39, 0.29) is 10.4 Å². The van der Waals surface area contributed by atoms with Crippen LogP contribution in [0.1, 0.15) is 16.8 Å². The van der Waals surface area contributed by atoms with E-state index < -0.39 is 5.82 Å². The monoisotopic (exact) mass is 300 g/mol. The molecule has 0 unspecified atom stereocenters. The first-order valence-corrected chi connectivity index (χ1v) is 6.43. The van der Waals surface area contributed by atoms with Crippen molar-refractivity contribution in [3.8, 4) is 0 Å². The highest BCUT2D eigenvalue weighted by molar-refractivity contribution is 9.10. The lowest BCUT2D eigenvalue weighted by Gasteiger charge is -2.20. The minimum absolute atomic E-state index is 0.111. The fraction of sp³-hybridized carbons (Fsp3) is 0.417. The summed E-state index contributed by atoms with van der Waals surface area (Å²) in [5.74, 6) is -0.510. The third-order valence-electron chi connectivity index (χ3n) is 2.81. The number of halogens is 2. The van der Waals surface area contributed by atoms with Gasteiger partial charge in [0.25, 0.3) is 5.91 Å². The molecule has 2 rings (SSSR count). The molecule has 1 aliphatic rings. The number of nitrogens with zero attached hydrogens (tertiary/aromatic N) is 1. The molecule has 1 aliphatic heterocycles. The van der Waals surface area contributed by atoms with Crippen LogP contribution in [0.3, 0.4) is 0 Å². The van der Waals surface area contributed by atoms with Gasteiger partial charge in [-0.25, -0.2) is 4.39 Å². The first-order chi connectivity index (χ1) is 8.20. The maximum Gasteiger partial charge on any atom is 0.255 e. The van der Waals surface area contributed by atoms with Crippen LogP contribution >= 0.6 is 15.9 Å². The number of rotatable bonds is 1. The van der Waals surface area contributed by atoms with Gasteiger partial charge in [0, 0.05) is 19.6 Å². The van der Waals surface area contributed by atoms with E-state index in [0.29, 0.717) is 12.1 Å². The van der Waals surface area contributed by atoms with E-state index in [4.69, 9.17) is 0 Å². The molecule has 92 valence electrons. The number of carbonyl (C=O) groups is 1. The second-order valence-corrected chi connectivity index (χ2v) is 4.79. The molecule has 0 radical (unpaired) electrons. The molecular formula is C12H14BrFN2O. The molecule has 0 aromatic heterocycles. The molecule has 0 spiro atoms. The minimum atomic E-state index is -0.399. The summed E-state index contributed by atoms with van der Waals surface area (Å²) in [5.41, 5.74) is 0.395. The zero-order valence-electron chi connectivity index (χ0n) is 9.38. The molecule has 0 saturated carbocycles. The first-order valence-electron chi connectivity index (χ1n) is 5.64. The van der Waals surface area contributed by atoms with Crippen molar-refractivity contribution in [2.75, 3.05) is 26.2 Å². The molecule has 0 aliphatic carbocycles. The van der Waals surface area contributed by atoms with Crippen LogP contribution in [0.15, 0.2) is 22.7 Å². The average Bonchev–Trinajstić information content (AvgIpc) is 2.60. The molecule has 1 fully saturated rings. The van der Waals surface area contributed by atoms with Gasteiger partial charge < -0.3 is 10.2 Å². The molecule has 0 atom stereocenters. The van der Waals surface area contributed by atoms with Gasteiger partial charge in [0.2, 0.25) is 0 Å². The van der Waals surface area contributed by atoms with Crippen molar-refractivity contribution in [2.45, 2.75) is 6.42 Å². The number of hydrogen-bond acceptors (Lipinski definition) is 2. The van der Waals surface area contributed by atoms with E-state index in [1.54, 1.807) is 17.0 Å². The van der Waals surface area contributed by atoms with Crippen LogP contribution in [0.2, 0.25) is 0 Å². The van der Waals surface area contributed by atoms with Gasteiger partial charge in [0.05, 0.1) is 10.0 Å². The Labute approximate surface area is 108 Å². The molecule has 1 aromatic rings. The normalized spacial score (nSPS) is 16.7. The Morgan fingerprint density at radius 3 is 3.00 bits per heavy atom. The molecule has 1 aromatic carbocycles. The highest BCUT2D eigenvalue weighted by Gasteiger charge is 2.20. The zero-order valence-corrected chi connectivity index (χ0v) is 11.0. The summed E-state index contributed by atoms with van der Waals surface area (Å²) in [4.78, 5) is 14.0. The largest absolute Gasteiger partial charge is 0.337 e. The maximum atomic E-state index is 13.4. The number of benzene rings is 1. The van der Waals surface area contributed by atoms with Crippen LogP contribution in [0.5, 0.6) is 0 Å². The van der Waals surface area contributed by atoms with Gasteiger partial charge in [0.15, 0.2) is 0 Å². The lowest BCUT2D eigenvalue weighted by atomic mass is 10.2. The van der Waals surface area contributed by atoms with Crippen LogP contribution in [0.4, 0.5) is 4.39 Å². The van der Waals surface area contributed by atoms with Crippen molar-refractivity contribution in [1.29, 1.82) is 0 Å². The van der Waals surface area contributed by atoms with Gasteiger partial charge in [-0.2, -0.15) is 0 Å². The fourth-order valence-electron chi connectivity index (χ4n) is 1.89. The predicted octanol–water partition coefficient (Wildman–Crippen LogP) is 2.02. The first kappa shape index (κ1) is 12.5. The van der Waals surface area contributed by atoms with E-state index in [1.807, 2.05) is 0 Å². The van der Waals surface area contributed by atoms with Gasteiger partial charge in [-0.3, -0.25) is 4.79 Å². The topological polar surface area (TPSA) is 32.3 Å². The van der Waals surface area contributed by atoms with Crippen molar-refractivity contribution >= 4 is 21.8 Å². The highest BCUT2D eigenvalue weighted by Crippen LogP contribution is 2.22. The third kappa shape index (κ3) is 2.84. The standard InChI is InChI=1S/C12H14BrFN2O/c13-11-9(3-1-4-10(11)14)12(17)16-7-2-5-15-6-8-16/h1,3-4,15H,2,5-8H2. The number of hydrogen-bond donors (Lipinski definition) is 1. The van der Waals surface area contributed by atoms with E-state index in [2.05, 4.69) is 21.2 Å². The van der Waals surface area contributed by atoms with Crippen LogP contribution < -0.4 is 5.32 Å². The van der Waals surface area contributed by atoms with Gasteiger partial charge in [0.1, 0.15) is 5.82 Å². The fourth-order valence-corrected chi connectivity index (χ4v) is 2.32. The van der Waals surface area contributed by atoms with E-state index >= 15 is 0 Å². The molecule has 1 heterocycles. The second kappa shape index (κ2) is 5.60. The Morgan fingerprint density at radius 1 is 1.35 bits per heavy atom. The number of amides is 1. The van der Waals surface area contributed by atoms with Crippen LogP contribution in [0.25, 0.3) is 0 Å². The molecule has 1 saturated heterocycles. The molecule has 3 nitrogen and oxygen atoms in total. The summed E-state index contributed by atoms with van der Waals surface area (Å²) in [6, 6.07) is 4.54. The van der Waals surface area contributed by atoms with Crippen molar-refractivity contribution in [2.24, 2.45) is 0 Å². The van der Waals surface area contributed by atoms with Crippen molar-refractivity contribution in [1.82, 2.24) is 10.2 Å². The van der Waals surface area contributed by atoms with Crippen molar-refractivity contribution in [3.05, 3.63) is 34.1 Å². The van der Waals surface area contributed by atoms with Crippen LogP contribution in [-0.4, -0.2) is 37.0 Å². The average molecular weight is 301 g/mol.